The minimum absolute atomic E-state index is 0.493. The molecule has 18 heavy (non-hydrogen) atoms. The van der Waals surface area contributed by atoms with E-state index in [0.29, 0.717) is 6.04 Å². The number of hydrogen-bond acceptors (Lipinski definition) is 4. The summed E-state index contributed by atoms with van der Waals surface area (Å²) in [5, 5.41) is 4.43. The fourth-order valence-corrected chi connectivity index (χ4v) is 2.44. The average Bonchev–Trinajstić information content (AvgIpc) is 2.85. The van der Waals surface area contributed by atoms with Crippen LogP contribution >= 0.6 is 11.3 Å². The van der Waals surface area contributed by atoms with E-state index in [1.54, 1.807) is 18.4 Å². The Morgan fingerprint density at radius 1 is 1.39 bits per heavy atom. The molecule has 0 radical (unpaired) electrons. The lowest BCUT2D eigenvalue weighted by molar-refractivity contribution is 0.415. The lowest BCUT2D eigenvalue weighted by atomic mass is 10.2. The van der Waals surface area contributed by atoms with Crippen LogP contribution in [0.4, 0.5) is 0 Å². The van der Waals surface area contributed by atoms with Gasteiger partial charge in [-0.25, -0.2) is 4.98 Å². The Balaban J connectivity index is 2.13. The van der Waals surface area contributed by atoms with Crippen LogP contribution in [-0.2, 0) is 6.54 Å². The Kier molecular flexibility index (Phi) is 4.33. The maximum absolute atomic E-state index is 5.23. The standard InChI is InChI=1S/C14H18N2OS/c1-10(2)15-8-13-9-16-14(18-13)11-5-4-6-12(7-11)17-3/h4-7,9-10,15H,8H2,1-3H3. The zero-order chi connectivity index (χ0) is 13.0. The molecule has 4 heteroatoms. The monoisotopic (exact) mass is 262 g/mol. The molecule has 0 aliphatic heterocycles. The third-order valence-electron chi connectivity index (χ3n) is 2.55. The van der Waals surface area contributed by atoms with Crippen LogP contribution in [0.3, 0.4) is 0 Å². The number of nitrogens with zero attached hydrogens (tertiary/aromatic N) is 1. The molecule has 0 atom stereocenters. The van der Waals surface area contributed by atoms with Crippen molar-refractivity contribution < 1.29 is 4.74 Å². The zero-order valence-electron chi connectivity index (χ0n) is 10.9. The molecular formula is C14H18N2OS. The van der Waals surface area contributed by atoms with Gasteiger partial charge in [-0.05, 0) is 12.1 Å². The van der Waals surface area contributed by atoms with Gasteiger partial charge in [-0.2, -0.15) is 0 Å². The normalized spacial score (nSPS) is 10.9. The van der Waals surface area contributed by atoms with Crippen LogP contribution in [0.1, 0.15) is 18.7 Å². The van der Waals surface area contributed by atoms with E-state index < -0.39 is 0 Å². The van der Waals surface area contributed by atoms with Crippen molar-refractivity contribution in [3.8, 4) is 16.3 Å². The van der Waals surface area contributed by atoms with Gasteiger partial charge in [0, 0.05) is 29.2 Å². The number of rotatable bonds is 5. The van der Waals surface area contributed by atoms with Gasteiger partial charge in [0.25, 0.3) is 0 Å². The summed E-state index contributed by atoms with van der Waals surface area (Å²) in [6.07, 6.45) is 1.94. The predicted octanol–water partition coefficient (Wildman–Crippen LogP) is 3.32. The summed E-state index contributed by atoms with van der Waals surface area (Å²) in [4.78, 5) is 5.71. The fourth-order valence-electron chi connectivity index (χ4n) is 1.58. The van der Waals surface area contributed by atoms with Crippen molar-refractivity contribution in [1.82, 2.24) is 10.3 Å². The minimum atomic E-state index is 0.493. The molecular weight excluding hydrogens is 244 g/mol. The first kappa shape index (κ1) is 13.1. The van der Waals surface area contributed by atoms with Crippen LogP contribution in [0.2, 0.25) is 0 Å². The predicted molar refractivity (Wildman–Crippen MR) is 76.1 cm³/mol. The van der Waals surface area contributed by atoms with Crippen molar-refractivity contribution in [2.45, 2.75) is 26.4 Å². The second-order valence-corrected chi connectivity index (χ2v) is 5.51. The van der Waals surface area contributed by atoms with Crippen molar-refractivity contribution >= 4 is 11.3 Å². The van der Waals surface area contributed by atoms with Crippen molar-refractivity contribution in [2.24, 2.45) is 0 Å². The second-order valence-electron chi connectivity index (χ2n) is 4.40. The maximum atomic E-state index is 5.23. The summed E-state index contributed by atoms with van der Waals surface area (Å²) >= 11 is 1.72. The van der Waals surface area contributed by atoms with E-state index in [2.05, 4.69) is 30.2 Å². The van der Waals surface area contributed by atoms with E-state index in [4.69, 9.17) is 4.74 Å². The summed E-state index contributed by atoms with van der Waals surface area (Å²) in [6, 6.07) is 8.49. The van der Waals surface area contributed by atoms with Crippen LogP contribution in [-0.4, -0.2) is 18.1 Å². The van der Waals surface area contributed by atoms with Crippen LogP contribution < -0.4 is 10.1 Å². The lowest BCUT2D eigenvalue weighted by Gasteiger charge is -2.04. The summed E-state index contributed by atoms with van der Waals surface area (Å²) in [7, 11) is 1.68. The molecule has 0 bridgehead atoms. The Hall–Kier alpha value is -1.39. The van der Waals surface area contributed by atoms with E-state index in [0.717, 1.165) is 22.9 Å². The molecule has 0 aliphatic rings. The van der Waals surface area contributed by atoms with Crippen LogP contribution in [0.15, 0.2) is 30.5 Å². The molecule has 96 valence electrons. The number of aromatic nitrogens is 1. The van der Waals surface area contributed by atoms with Gasteiger partial charge in [-0.1, -0.05) is 26.0 Å². The molecule has 0 saturated carbocycles. The van der Waals surface area contributed by atoms with E-state index in [1.165, 1.54) is 4.88 Å². The van der Waals surface area contributed by atoms with E-state index in [9.17, 15) is 0 Å². The molecule has 2 aromatic rings. The van der Waals surface area contributed by atoms with Gasteiger partial charge in [-0.3, -0.25) is 0 Å². The molecule has 0 spiro atoms. The first-order chi connectivity index (χ1) is 8.69. The highest BCUT2D eigenvalue weighted by atomic mass is 32.1. The van der Waals surface area contributed by atoms with Crippen molar-refractivity contribution in [3.63, 3.8) is 0 Å². The van der Waals surface area contributed by atoms with E-state index >= 15 is 0 Å². The topological polar surface area (TPSA) is 34.1 Å². The highest BCUT2D eigenvalue weighted by molar-refractivity contribution is 7.15. The van der Waals surface area contributed by atoms with Crippen LogP contribution in [0.25, 0.3) is 10.6 Å². The van der Waals surface area contributed by atoms with Gasteiger partial charge in [0.15, 0.2) is 0 Å². The highest BCUT2D eigenvalue weighted by Gasteiger charge is 2.06. The van der Waals surface area contributed by atoms with E-state index in [1.807, 2.05) is 24.4 Å². The van der Waals surface area contributed by atoms with Crippen molar-refractivity contribution in [1.29, 1.82) is 0 Å². The third kappa shape index (κ3) is 3.31. The average molecular weight is 262 g/mol. The molecule has 1 aromatic carbocycles. The maximum Gasteiger partial charge on any atom is 0.123 e. The smallest absolute Gasteiger partial charge is 0.123 e. The first-order valence-electron chi connectivity index (χ1n) is 6.01. The number of hydrogen-bond donors (Lipinski definition) is 1. The molecule has 0 fully saturated rings. The molecule has 3 nitrogen and oxygen atoms in total. The summed E-state index contributed by atoms with van der Waals surface area (Å²) in [5.41, 5.74) is 1.11. The van der Waals surface area contributed by atoms with Gasteiger partial charge in [0.05, 0.1) is 7.11 Å². The summed E-state index contributed by atoms with van der Waals surface area (Å²) in [6.45, 7) is 5.16. The second kappa shape index (κ2) is 5.98. The molecule has 0 aliphatic carbocycles. The number of nitrogens with one attached hydrogen (secondary N) is 1. The molecule has 0 amide bonds. The zero-order valence-corrected chi connectivity index (χ0v) is 11.8. The minimum Gasteiger partial charge on any atom is -0.497 e. The SMILES string of the molecule is COc1cccc(-c2ncc(CNC(C)C)s2)c1. The van der Waals surface area contributed by atoms with Gasteiger partial charge in [-0.15, -0.1) is 11.3 Å². The van der Waals surface area contributed by atoms with Crippen LogP contribution in [0, 0.1) is 0 Å². The van der Waals surface area contributed by atoms with E-state index in [-0.39, 0.29) is 0 Å². The molecule has 1 N–H and O–H groups in total. The molecule has 2 rings (SSSR count). The quantitative estimate of drug-likeness (QED) is 0.897. The summed E-state index contributed by atoms with van der Waals surface area (Å²) < 4.78 is 5.23. The van der Waals surface area contributed by atoms with Crippen LogP contribution in [0.5, 0.6) is 5.75 Å². The van der Waals surface area contributed by atoms with Crippen molar-refractivity contribution in [3.05, 3.63) is 35.3 Å². The van der Waals surface area contributed by atoms with Gasteiger partial charge in [0.1, 0.15) is 10.8 Å². The van der Waals surface area contributed by atoms with Gasteiger partial charge in [0.2, 0.25) is 0 Å². The molecule has 1 heterocycles. The Bertz CT molecular complexity index is 508. The fraction of sp³-hybridized carbons (Fsp3) is 0.357. The van der Waals surface area contributed by atoms with Crippen molar-refractivity contribution in [2.75, 3.05) is 7.11 Å². The summed E-state index contributed by atoms with van der Waals surface area (Å²) in [5.74, 6) is 0.865. The molecule has 0 unspecified atom stereocenters. The van der Waals surface area contributed by atoms with Gasteiger partial charge >= 0.3 is 0 Å². The number of benzene rings is 1. The molecule has 0 saturated heterocycles. The first-order valence-corrected chi connectivity index (χ1v) is 6.83. The third-order valence-corrected chi connectivity index (χ3v) is 3.60. The largest absolute Gasteiger partial charge is 0.497 e. The molecule has 1 aromatic heterocycles. The highest BCUT2D eigenvalue weighted by Crippen LogP contribution is 2.27. The number of methoxy groups -OCH3 is 1. The lowest BCUT2D eigenvalue weighted by Crippen LogP contribution is -2.21. The Morgan fingerprint density at radius 2 is 2.22 bits per heavy atom. The Labute approximate surface area is 112 Å². The van der Waals surface area contributed by atoms with Gasteiger partial charge < -0.3 is 10.1 Å². The number of ether oxygens (including phenoxy) is 1. The number of thiazole rings is 1. The Morgan fingerprint density at radius 3 is 2.94 bits per heavy atom.